The zero-order valence-corrected chi connectivity index (χ0v) is 14.1. The highest BCUT2D eigenvalue weighted by Gasteiger charge is 2.31. The van der Waals surface area contributed by atoms with Crippen LogP contribution in [-0.2, 0) is 17.5 Å². The molecule has 0 aliphatic carbocycles. The normalized spacial score (nSPS) is 12.1. The van der Waals surface area contributed by atoms with E-state index in [1.54, 1.807) is 0 Å². The Bertz CT molecular complexity index is 1070. The molecule has 1 amide bonds. The summed E-state index contributed by atoms with van der Waals surface area (Å²) in [6, 6.07) is 5.96. The number of hydrazine groups is 1. The average molecular weight is 396 g/mol. The molecular weight excluding hydrogens is 383 g/mol. The number of nitrogens with zero attached hydrogens (tertiary/aromatic N) is 2. The molecule has 0 aliphatic rings. The van der Waals surface area contributed by atoms with Gasteiger partial charge in [0.15, 0.2) is 0 Å². The molecule has 1 aromatic heterocycles. The van der Waals surface area contributed by atoms with Gasteiger partial charge in [-0.1, -0.05) is 6.07 Å². The Balaban J connectivity index is 2.12. The van der Waals surface area contributed by atoms with Crippen LogP contribution in [0.1, 0.15) is 16.8 Å². The van der Waals surface area contributed by atoms with Gasteiger partial charge >= 0.3 is 6.18 Å². The van der Waals surface area contributed by atoms with Gasteiger partial charge in [-0.15, -0.1) is 0 Å². The molecule has 2 aromatic carbocycles. The lowest BCUT2D eigenvalue weighted by molar-refractivity contribution is -0.137. The molecule has 3 rings (SSSR count). The smallest absolute Gasteiger partial charge is 0.291 e. The Morgan fingerprint density at radius 1 is 1.18 bits per heavy atom. The fourth-order valence-electron chi connectivity index (χ4n) is 2.64. The van der Waals surface area contributed by atoms with E-state index in [-0.39, 0.29) is 28.7 Å². The first kappa shape index (κ1) is 19.5. The molecule has 146 valence electrons. The summed E-state index contributed by atoms with van der Waals surface area (Å²) in [6.45, 7) is -0.148. The number of amides is 1. The number of rotatable bonds is 4. The van der Waals surface area contributed by atoms with E-state index in [1.165, 1.54) is 22.9 Å². The Kier molecular flexibility index (Phi) is 5.14. The van der Waals surface area contributed by atoms with Crippen LogP contribution in [0, 0.1) is 11.6 Å². The fraction of sp³-hybridized carbons (Fsp3) is 0.111. The largest absolute Gasteiger partial charge is 0.416 e. The Hall–Kier alpha value is -3.27. The molecule has 3 aromatic rings. The van der Waals surface area contributed by atoms with Crippen LogP contribution in [0.15, 0.2) is 42.5 Å². The van der Waals surface area contributed by atoms with Crippen molar-refractivity contribution in [3.05, 3.63) is 70.9 Å². The molecule has 0 radical (unpaired) electrons. The highest BCUT2D eigenvalue weighted by atomic mass is 19.4. The molecule has 0 spiro atoms. The van der Waals surface area contributed by atoms with Crippen molar-refractivity contribution in [3.63, 3.8) is 0 Å². The van der Waals surface area contributed by atoms with E-state index in [1.807, 2.05) is 5.43 Å². The molecular formula is C18H13F5N4O. The standard InChI is InChI=1S/C18H13F5N4O/c19-12-3-1-10(14(20)8-12)9-27-16-5-2-11(18(21,22)23)7-13(16)15(26-27)4-6-17(28)25-24/h1-8H,9,24H2,(H,25,28)/b6-4+. The number of hydrogen-bond acceptors (Lipinski definition) is 3. The molecule has 0 saturated carbocycles. The minimum atomic E-state index is -4.57. The number of carbonyl (C=O) groups is 1. The number of alkyl halides is 3. The maximum Gasteiger partial charge on any atom is 0.416 e. The van der Waals surface area contributed by atoms with Crippen LogP contribution in [0.5, 0.6) is 0 Å². The van der Waals surface area contributed by atoms with Crippen molar-refractivity contribution in [1.29, 1.82) is 0 Å². The van der Waals surface area contributed by atoms with E-state index in [2.05, 4.69) is 5.10 Å². The number of aromatic nitrogens is 2. The predicted octanol–water partition coefficient (Wildman–Crippen LogP) is 3.38. The second-order valence-corrected chi connectivity index (χ2v) is 5.85. The lowest BCUT2D eigenvalue weighted by Crippen LogP contribution is -2.27. The van der Waals surface area contributed by atoms with E-state index < -0.39 is 29.3 Å². The third kappa shape index (κ3) is 4.01. The first-order valence-electron chi connectivity index (χ1n) is 7.89. The van der Waals surface area contributed by atoms with Gasteiger partial charge in [0.1, 0.15) is 11.6 Å². The Morgan fingerprint density at radius 3 is 2.57 bits per heavy atom. The summed E-state index contributed by atoms with van der Waals surface area (Å²) in [6.07, 6.45) is -2.37. The first-order chi connectivity index (χ1) is 13.2. The van der Waals surface area contributed by atoms with E-state index in [9.17, 15) is 26.7 Å². The minimum Gasteiger partial charge on any atom is -0.291 e. The minimum absolute atomic E-state index is 0.0622. The van der Waals surface area contributed by atoms with Crippen molar-refractivity contribution in [2.24, 2.45) is 5.84 Å². The fourth-order valence-corrected chi connectivity index (χ4v) is 2.64. The number of carbonyl (C=O) groups excluding carboxylic acids is 1. The summed E-state index contributed by atoms with van der Waals surface area (Å²) >= 11 is 0. The third-order valence-corrected chi connectivity index (χ3v) is 3.98. The highest BCUT2D eigenvalue weighted by molar-refractivity contribution is 5.95. The zero-order chi connectivity index (χ0) is 20.5. The lowest BCUT2D eigenvalue weighted by atomic mass is 10.1. The van der Waals surface area contributed by atoms with Gasteiger partial charge < -0.3 is 0 Å². The number of fused-ring (bicyclic) bond motifs is 1. The molecule has 5 nitrogen and oxygen atoms in total. The van der Waals surface area contributed by atoms with Gasteiger partial charge in [0.25, 0.3) is 5.91 Å². The first-order valence-corrected chi connectivity index (χ1v) is 7.89. The molecule has 10 heteroatoms. The molecule has 0 atom stereocenters. The van der Waals surface area contributed by atoms with Crippen LogP contribution in [0.4, 0.5) is 22.0 Å². The van der Waals surface area contributed by atoms with Crippen LogP contribution in [0.2, 0.25) is 0 Å². The second kappa shape index (κ2) is 7.39. The third-order valence-electron chi connectivity index (χ3n) is 3.98. The number of nitrogens with two attached hydrogens (primary N) is 1. The van der Waals surface area contributed by atoms with Crippen molar-refractivity contribution in [2.75, 3.05) is 0 Å². The molecule has 28 heavy (non-hydrogen) atoms. The van der Waals surface area contributed by atoms with E-state index >= 15 is 0 Å². The van der Waals surface area contributed by atoms with Gasteiger partial charge in [-0.05, 0) is 30.3 Å². The monoisotopic (exact) mass is 396 g/mol. The van der Waals surface area contributed by atoms with Crippen molar-refractivity contribution >= 4 is 22.9 Å². The van der Waals surface area contributed by atoms with Crippen molar-refractivity contribution in [3.8, 4) is 0 Å². The molecule has 0 unspecified atom stereocenters. The number of nitrogens with one attached hydrogen (secondary N) is 1. The molecule has 3 N–H and O–H groups in total. The summed E-state index contributed by atoms with van der Waals surface area (Å²) < 4.78 is 67.5. The van der Waals surface area contributed by atoms with Crippen LogP contribution >= 0.6 is 0 Å². The SMILES string of the molecule is NNC(=O)/C=C/c1nn(Cc2ccc(F)cc2F)c2ccc(C(F)(F)F)cc12. The maximum atomic E-state index is 14.0. The van der Waals surface area contributed by atoms with E-state index in [0.717, 1.165) is 24.3 Å². The molecule has 0 fully saturated rings. The maximum absolute atomic E-state index is 14.0. The van der Waals surface area contributed by atoms with Crippen molar-refractivity contribution in [1.82, 2.24) is 15.2 Å². The molecule has 0 aliphatic heterocycles. The van der Waals surface area contributed by atoms with Crippen LogP contribution < -0.4 is 11.3 Å². The summed E-state index contributed by atoms with van der Waals surface area (Å²) in [4.78, 5) is 11.3. The van der Waals surface area contributed by atoms with Gasteiger partial charge in [0.2, 0.25) is 0 Å². The van der Waals surface area contributed by atoms with Gasteiger partial charge in [0.05, 0.1) is 23.3 Å². The predicted molar refractivity (Wildman–Crippen MR) is 91.6 cm³/mol. The van der Waals surface area contributed by atoms with Crippen molar-refractivity contribution in [2.45, 2.75) is 12.7 Å². The zero-order valence-electron chi connectivity index (χ0n) is 14.1. The number of benzene rings is 2. The Labute approximate surface area is 155 Å². The summed E-state index contributed by atoms with van der Waals surface area (Å²) in [5.74, 6) is 2.73. The number of halogens is 5. The number of hydrogen-bond donors (Lipinski definition) is 2. The summed E-state index contributed by atoms with van der Waals surface area (Å²) in [5, 5.41) is 4.27. The molecule has 0 bridgehead atoms. The highest BCUT2D eigenvalue weighted by Crippen LogP contribution is 2.33. The quantitative estimate of drug-likeness (QED) is 0.234. The molecule has 1 heterocycles. The van der Waals surface area contributed by atoms with E-state index in [4.69, 9.17) is 5.84 Å². The van der Waals surface area contributed by atoms with Gasteiger partial charge in [-0.2, -0.15) is 18.3 Å². The van der Waals surface area contributed by atoms with Crippen LogP contribution in [0.3, 0.4) is 0 Å². The van der Waals surface area contributed by atoms with Gasteiger partial charge in [0, 0.05) is 23.1 Å². The van der Waals surface area contributed by atoms with Gasteiger partial charge in [-0.3, -0.25) is 14.9 Å². The second-order valence-electron chi connectivity index (χ2n) is 5.85. The van der Waals surface area contributed by atoms with Crippen molar-refractivity contribution < 1.29 is 26.7 Å². The average Bonchev–Trinajstić information content (AvgIpc) is 2.98. The topological polar surface area (TPSA) is 72.9 Å². The van der Waals surface area contributed by atoms with Crippen LogP contribution in [-0.4, -0.2) is 15.7 Å². The Morgan fingerprint density at radius 2 is 1.93 bits per heavy atom. The molecule has 0 saturated heterocycles. The van der Waals surface area contributed by atoms with Crippen LogP contribution in [0.25, 0.3) is 17.0 Å². The lowest BCUT2D eigenvalue weighted by Gasteiger charge is -2.08. The summed E-state index contributed by atoms with van der Waals surface area (Å²) in [7, 11) is 0. The van der Waals surface area contributed by atoms with Gasteiger partial charge in [-0.25, -0.2) is 14.6 Å². The van der Waals surface area contributed by atoms with E-state index in [0.29, 0.717) is 6.07 Å². The summed E-state index contributed by atoms with van der Waals surface area (Å²) in [5.41, 5.74) is 1.40.